The summed E-state index contributed by atoms with van der Waals surface area (Å²) in [7, 11) is 0. The first-order chi connectivity index (χ1) is 5.70. The second-order valence-electron chi connectivity index (χ2n) is 3.17. The Balaban J connectivity index is 2.97. The SMILES string of the molecule is Cc1cc2ccnc(C)n2c1C. The number of fused-ring (bicyclic) bond motifs is 1. The summed E-state index contributed by atoms with van der Waals surface area (Å²) in [6.07, 6.45) is 1.85. The minimum Gasteiger partial charge on any atom is -0.302 e. The maximum atomic E-state index is 4.24. The molecule has 2 rings (SSSR count). The molecule has 0 bridgehead atoms. The van der Waals surface area contributed by atoms with Crippen LogP contribution in [-0.4, -0.2) is 9.38 Å². The van der Waals surface area contributed by atoms with Crippen LogP contribution >= 0.6 is 0 Å². The number of rotatable bonds is 0. The second-order valence-corrected chi connectivity index (χ2v) is 3.17. The fourth-order valence-electron chi connectivity index (χ4n) is 1.59. The fraction of sp³-hybridized carbons (Fsp3) is 0.300. The standard InChI is InChI=1S/C10H12N2/c1-7-6-10-4-5-11-9(3)12(10)8(7)2/h4-6H,1-3H3. The summed E-state index contributed by atoms with van der Waals surface area (Å²) in [6.45, 7) is 6.28. The summed E-state index contributed by atoms with van der Waals surface area (Å²) in [5.74, 6) is 1.05. The molecule has 62 valence electrons. The Bertz CT molecular complexity index is 427. The summed E-state index contributed by atoms with van der Waals surface area (Å²) in [5, 5.41) is 0. The van der Waals surface area contributed by atoms with Crippen LogP contribution in [0.4, 0.5) is 0 Å². The van der Waals surface area contributed by atoms with Gasteiger partial charge >= 0.3 is 0 Å². The Kier molecular flexibility index (Phi) is 1.43. The summed E-state index contributed by atoms with van der Waals surface area (Å²) < 4.78 is 2.18. The van der Waals surface area contributed by atoms with E-state index in [1.807, 2.05) is 19.2 Å². The van der Waals surface area contributed by atoms with Crippen molar-refractivity contribution in [1.29, 1.82) is 0 Å². The highest BCUT2D eigenvalue weighted by Crippen LogP contribution is 2.15. The average molecular weight is 160 g/mol. The van der Waals surface area contributed by atoms with Gasteiger partial charge in [-0.2, -0.15) is 0 Å². The van der Waals surface area contributed by atoms with E-state index in [0.29, 0.717) is 0 Å². The van der Waals surface area contributed by atoms with Crippen LogP contribution in [-0.2, 0) is 0 Å². The molecule has 0 saturated heterocycles. The maximum absolute atomic E-state index is 4.24. The van der Waals surface area contributed by atoms with E-state index < -0.39 is 0 Å². The van der Waals surface area contributed by atoms with Gasteiger partial charge in [-0.1, -0.05) is 0 Å². The van der Waals surface area contributed by atoms with E-state index >= 15 is 0 Å². The predicted molar refractivity (Wildman–Crippen MR) is 49.4 cm³/mol. The fourth-order valence-corrected chi connectivity index (χ4v) is 1.59. The zero-order valence-electron chi connectivity index (χ0n) is 7.63. The Morgan fingerprint density at radius 3 is 2.67 bits per heavy atom. The van der Waals surface area contributed by atoms with Crippen molar-refractivity contribution in [2.45, 2.75) is 20.8 Å². The van der Waals surface area contributed by atoms with E-state index in [0.717, 1.165) is 5.82 Å². The second kappa shape index (κ2) is 2.34. The summed E-state index contributed by atoms with van der Waals surface area (Å²) >= 11 is 0. The molecule has 0 aliphatic rings. The van der Waals surface area contributed by atoms with Gasteiger partial charge in [-0.3, -0.25) is 0 Å². The first-order valence-corrected chi connectivity index (χ1v) is 4.10. The number of aromatic nitrogens is 2. The third-order valence-corrected chi connectivity index (χ3v) is 2.36. The van der Waals surface area contributed by atoms with Crippen molar-refractivity contribution >= 4 is 5.52 Å². The van der Waals surface area contributed by atoms with Crippen LogP contribution in [0.1, 0.15) is 17.1 Å². The average Bonchev–Trinajstić information content (AvgIpc) is 2.29. The van der Waals surface area contributed by atoms with Gasteiger partial charge in [-0.25, -0.2) is 4.98 Å². The molecule has 2 aromatic rings. The minimum absolute atomic E-state index is 1.05. The van der Waals surface area contributed by atoms with Crippen molar-refractivity contribution in [1.82, 2.24) is 9.38 Å². The number of aryl methyl sites for hydroxylation is 3. The third kappa shape index (κ3) is 0.843. The van der Waals surface area contributed by atoms with Crippen molar-refractivity contribution in [2.24, 2.45) is 0 Å². The zero-order chi connectivity index (χ0) is 8.72. The molecule has 2 heterocycles. The first-order valence-electron chi connectivity index (χ1n) is 4.10. The third-order valence-electron chi connectivity index (χ3n) is 2.36. The smallest absolute Gasteiger partial charge is 0.110 e. The normalized spacial score (nSPS) is 10.9. The van der Waals surface area contributed by atoms with Crippen LogP contribution < -0.4 is 0 Å². The lowest BCUT2D eigenvalue weighted by Gasteiger charge is -2.01. The van der Waals surface area contributed by atoms with Gasteiger partial charge in [-0.05, 0) is 38.5 Å². The molecule has 0 N–H and O–H groups in total. The van der Waals surface area contributed by atoms with Gasteiger partial charge in [0.25, 0.3) is 0 Å². The Labute approximate surface area is 71.9 Å². The van der Waals surface area contributed by atoms with E-state index in [2.05, 4.69) is 29.3 Å². The molecule has 2 nitrogen and oxygen atoms in total. The lowest BCUT2D eigenvalue weighted by atomic mass is 10.3. The molecule has 12 heavy (non-hydrogen) atoms. The summed E-state index contributed by atoms with van der Waals surface area (Å²) in [4.78, 5) is 4.24. The van der Waals surface area contributed by atoms with Gasteiger partial charge in [0.15, 0.2) is 0 Å². The highest BCUT2D eigenvalue weighted by Gasteiger charge is 2.03. The topological polar surface area (TPSA) is 17.3 Å². The van der Waals surface area contributed by atoms with Gasteiger partial charge in [0.1, 0.15) is 5.82 Å². The van der Waals surface area contributed by atoms with E-state index in [1.165, 1.54) is 16.8 Å². The van der Waals surface area contributed by atoms with E-state index in [9.17, 15) is 0 Å². The molecule has 0 spiro atoms. The molecule has 0 aromatic carbocycles. The molecule has 2 aromatic heterocycles. The molecular formula is C10H12N2. The lowest BCUT2D eigenvalue weighted by Crippen LogP contribution is -1.95. The van der Waals surface area contributed by atoms with Crippen molar-refractivity contribution in [3.63, 3.8) is 0 Å². The molecular weight excluding hydrogens is 148 g/mol. The van der Waals surface area contributed by atoms with Crippen LogP contribution in [0.15, 0.2) is 18.3 Å². The van der Waals surface area contributed by atoms with Gasteiger partial charge in [0.05, 0.1) is 0 Å². The maximum Gasteiger partial charge on any atom is 0.110 e. The molecule has 0 aliphatic carbocycles. The van der Waals surface area contributed by atoms with Crippen LogP contribution in [0.5, 0.6) is 0 Å². The molecule has 0 fully saturated rings. The van der Waals surface area contributed by atoms with Crippen molar-refractivity contribution in [3.8, 4) is 0 Å². The van der Waals surface area contributed by atoms with Gasteiger partial charge in [0, 0.05) is 17.4 Å². The van der Waals surface area contributed by atoms with Crippen molar-refractivity contribution in [2.75, 3.05) is 0 Å². The van der Waals surface area contributed by atoms with Crippen LogP contribution in [0.3, 0.4) is 0 Å². The van der Waals surface area contributed by atoms with Gasteiger partial charge in [0.2, 0.25) is 0 Å². The highest BCUT2D eigenvalue weighted by molar-refractivity contribution is 5.52. The van der Waals surface area contributed by atoms with E-state index in [1.54, 1.807) is 0 Å². The number of nitrogens with zero attached hydrogens (tertiary/aromatic N) is 2. The largest absolute Gasteiger partial charge is 0.302 e. The van der Waals surface area contributed by atoms with Gasteiger partial charge in [-0.15, -0.1) is 0 Å². The lowest BCUT2D eigenvalue weighted by molar-refractivity contribution is 0.953. The van der Waals surface area contributed by atoms with Crippen LogP contribution in [0, 0.1) is 20.8 Å². The number of hydrogen-bond donors (Lipinski definition) is 0. The molecule has 0 saturated carbocycles. The predicted octanol–water partition coefficient (Wildman–Crippen LogP) is 2.26. The minimum atomic E-state index is 1.05. The summed E-state index contributed by atoms with van der Waals surface area (Å²) in [6, 6.07) is 4.22. The first kappa shape index (κ1) is 7.35. The zero-order valence-corrected chi connectivity index (χ0v) is 7.63. The Morgan fingerprint density at radius 1 is 1.25 bits per heavy atom. The van der Waals surface area contributed by atoms with Gasteiger partial charge < -0.3 is 4.40 Å². The molecule has 2 heteroatoms. The molecule has 0 radical (unpaired) electrons. The number of hydrogen-bond acceptors (Lipinski definition) is 1. The quantitative estimate of drug-likeness (QED) is 0.577. The summed E-state index contributed by atoms with van der Waals surface area (Å²) in [5.41, 5.74) is 3.85. The highest BCUT2D eigenvalue weighted by atomic mass is 15.0. The van der Waals surface area contributed by atoms with Crippen LogP contribution in [0.25, 0.3) is 5.52 Å². The van der Waals surface area contributed by atoms with E-state index in [4.69, 9.17) is 0 Å². The molecule has 0 aliphatic heterocycles. The van der Waals surface area contributed by atoms with Crippen molar-refractivity contribution < 1.29 is 0 Å². The van der Waals surface area contributed by atoms with E-state index in [-0.39, 0.29) is 0 Å². The van der Waals surface area contributed by atoms with Crippen LogP contribution in [0.2, 0.25) is 0 Å². The van der Waals surface area contributed by atoms with Crippen molar-refractivity contribution in [3.05, 3.63) is 35.4 Å². The monoisotopic (exact) mass is 160 g/mol. The molecule has 0 atom stereocenters. The Hall–Kier alpha value is -1.31. The molecule has 0 amide bonds. The Morgan fingerprint density at radius 2 is 2.00 bits per heavy atom. The molecule has 0 unspecified atom stereocenters.